The van der Waals surface area contributed by atoms with Gasteiger partial charge in [0.1, 0.15) is 6.54 Å². The van der Waals surface area contributed by atoms with E-state index >= 15 is 0 Å². The van der Waals surface area contributed by atoms with Crippen molar-refractivity contribution in [3.05, 3.63) is 54.1 Å². The van der Waals surface area contributed by atoms with Gasteiger partial charge >= 0.3 is 0 Å². The number of nitrogen functional groups attached to an aromatic ring is 1. The maximum absolute atomic E-state index is 12.1. The zero-order valence-corrected chi connectivity index (χ0v) is 11.4. The van der Waals surface area contributed by atoms with E-state index < -0.39 is 0 Å². The Morgan fingerprint density at radius 1 is 1.19 bits per heavy atom. The van der Waals surface area contributed by atoms with Gasteiger partial charge in [-0.3, -0.25) is 9.59 Å². The summed E-state index contributed by atoms with van der Waals surface area (Å²) in [7, 11) is 0. The lowest BCUT2D eigenvalue weighted by Crippen LogP contribution is -2.35. The molecule has 2 aromatic carbocycles. The second-order valence-electron chi connectivity index (χ2n) is 4.96. The van der Waals surface area contributed by atoms with E-state index in [1.165, 1.54) is 4.90 Å². The molecule has 0 atom stereocenters. The number of carbonyl (C=O) groups excluding carboxylic acids is 2. The molecule has 0 radical (unpaired) electrons. The summed E-state index contributed by atoms with van der Waals surface area (Å²) in [6.07, 6.45) is 0.291. The molecule has 0 unspecified atom stereocenters. The highest BCUT2D eigenvalue weighted by Crippen LogP contribution is 2.30. The molecule has 0 fully saturated rings. The largest absolute Gasteiger partial charge is 0.399 e. The van der Waals surface area contributed by atoms with Crippen molar-refractivity contribution in [3.8, 4) is 0 Å². The van der Waals surface area contributed by atoms with Gasteiger partial charge in [0, 0.05) is 17.1 Å². The number of benzene rings is 2. The number of hydrogen-bond donors (Lipinski definition) is 2. The molecule has 5 nitrogen and oxygen atoms in total. The van der Waals surface area contributed by atoms with Crippen molar-refractivity contribution in [1.29, 1.82) is 0 Å². The highest BCUT2D eigenvalue weighted by Gasteiger charge is 2.28. The molecule has 3 N–H and O–H groups in total. The molecule has 5 heteroatoms. The van der Waals surface area contributed by atoms with E-state index in [2.05, 4.69) is 5.32 Å². The van der Waals surface area contributed by atoms with E-state index in [1.54, 1.807) is 30.3 Å². The summed E-state index contributed by atoms with van der Waals surface area (Å²) < 4.78 is 0. The predicted molar refractivity (Wildman–Crippen MR) is 82.0 cm³/mol. The molecule has 2 aromatic rings. The van der Waals surface area contributed by atoms with Gasteiger partial charge in [-0.2, -0.15) is 0 Å². The van der Waals surface area contributed by atoms with Crippen molar-refractivity contribution in [1.82, 2.24) is 0 Å². The first-order valence-corrected chi connectivity index (χ1v) is 6.67. The fourth-order valence-electron chi connectivity index (χ4n) is 2.44. The number of rotatable bonds is 3. The SMILES string of the molecule is Nc1ccc2c(c1)CC(=O)N2CC(=O)Nc1ccccc1. The molecule has 0 aromatic heterocycles. The van der Waals surface area contributed by atoms with Gasteiger partial charge in [0.05, 0.1) is 6.42 Å². The Balaban J connectivity index is 1.74. The van der Waals surface area contributed by atoms with E-state index in [9.17, 15) is 9.59 Å². The van der Waals surface area contributed by atoms with Crippen LogP contribution in [0.25, 0.3) is 0 Å². The number of fused-ring (bicyclic) bond motifs is 1. The van der Waals surface area contributed by atoms with Crippen LogP contribution in [-0.4, -0.2) is 18.4 Å². The van der Waals surface area contributed by atoms with Crippen LogP contribution < -0.4 is 16.0 Å². The number of carbonyl (C=O) groups is 2. The van der Waals surface area contributed by atoms with Gasteiger partial charge in [-0.1, -0.05) is 18.2 Å². The lowest BCUT2D eigenvalue weighted by atomic mass is 10.1. The van der Waals surface area contributed by atoms with Crippen molar-refractivity contribution in [2.75, 3.05) is 22.5 Å². The number of amides is 2. The molecule has 0 aliphatic carbocycles. The highest BCUT2D eigenvalue weighted by atomic mass is 16.2. The van der Waals surface area contributed by atoms with E-state index in [0.717, 1.165) is 11.3 Å². The molecular weight excluding hydrogens is 266 g/mol. The van der Waals surface area contributed by atoms with E-state index in [1.807, 2.05) is 18.2 Å². The monoisotopic (exact) mass is 281 g/mol. The minimum Gasteiger partial charge on any atom is -0.399 e. The van der Waals surface area contributed by atoms with Crippen LogP contribution in [0.3, 0.4) is 0 Å². The lowest BCUT2D eigenvalue weighted by Gasteiger charge is -2.17. The molecule has 0 saturated heterocycles. The Kier molecular flexibility index (Phi) is 3.31. The number of nitrogens with two attached hydrogens (primary N) is 1. The topological polar surface area (TPSA) is 75.4 Å². The summed E-state index contributed by atoms with van der Waals surface area (Å²) in [4.78, 5) is 25.6. The first kappa shape index (κ1) is 13.2. The smallest absolute Gasteiger partial charge is 0.244 e. The van der Waals surface area contributed by atoms with E-state index in [0.29, 0.717) is 17.8 Å². The Hall–Kier alpha value is -2.82. The maximum Gasteiger partial charge on any atom is 0.244 e. The molecular formula is C16H15N3O2. The van der Waals surface area contributed by atoms with Gasteiger partial charge in [-0.05, 0) is 35.9 Å². The van der Waals surface area contributed by atoms with Crippen LogP contribution in [-0.2, 0) is 16.0 Å². The zero-order valence-electron chi connectivity index (χ0n) is 11.4. The first-order chi connectivity index (χ1) is 10.1. The third-order valence-electron chi connectivity index (χ3n) is 3.40. The fraction of sp³-hybridized carbons (Fsp3) is 0.125. The molecule has 0 saturated carbocycles. The van der Waals surface area contributed by atoms with Crippen LogP contribution in [0.15, 0.2) is 48.5 Å². The maximum atomic E-state index is 12.1. The number of nitrogens with one attached hydrogen (secondary N) is 1. The van der Waals surface area contributed by atoms with Crippen LogP contribution >= 0.6 is 0 Å². The molecule has 0 spiro atoms. The van der Waals surface area contributed by atoms with Crippen molar-refractivity contribution in [2.24, 2.45) is 0 Å². The summed E-state index contributed by atoms with van der Waals surface area (Å²) in [5, 5.41) is 2.77. The van der Waals surface area contributed by atoms with Gasteiger partial charge in [0.15, 0.2) is 0 Å². The second-order valence-corrected chi connectivity index (χ2v) is 4.96. The summed E-state index contributed by atoms with van der Waals surface area (Å²) in [5.74, 6) is -0.307. The molecule has 1 aliphatic heterocycles. The van der Waals surface area contributed by atoms with Crippen molar-refractivity contribution < 1.29 is 9.59 Å². The predicted octanol–water partition coefficient (Wildman–Crippen LogP) is 1.80. The van der Waals surface area contributed by atoms with Crippen LogP contribution in [0, 0.1) is 0 Å². The number of nitrogens with zero attached hydrogens (tertiary/aromatic N) is 1. The Bertz CT molecular complexity index is 698. The quantitative estimate of drug-likeness (QED) is 0.842. The normalized spacial score (nSPS) is 13.1. The van der Waals surface area contributed by atoms with Crippen molar-refractivity contribution >= 4 is 28.9 Å². The van der Waals surface area contributed by atoms with Crippen molar-refractivity contribution in [3.63, 3.8) is 0 Å². The molecule has 3 rings (SSSR count). The highest BCUT2D eigenvalue weighted by molar-refractivity contribution is 6.07. The fourth-order valence-corrected chi connectivity index (χ4v) is 2.44. The number of anilines is 3. The van der Waals surface area contributed by atoms with Gasteiger partial charge in [0.25, 0.3) is 0 Å². The van der Waals surface area contributed by atoms with Gasteiger partial charge < -0.3 is 16.0 Å². The zero-order chi connectivity index (χ0) is 14.8. The minimum absolute atomic E-state index is 0.00461. The summed E-state index contributed by atoms with van der Waals surface area (Å²) in [6.45, 7) is 0.00461. The minimum atomic E-state index is -0.223. The Labute approximate surface area is 122 Å². The molecule has 106 valence electrons. The first-order valence-electron chi connectivity index (χ1n) is 6.67. The lowest BCUT2D eigenvalue weighted by molar-refractivity contribution is -0.120. The summed E-state index contributed by atoms with van der Waals surface area (Å²) >= 11 is 0. The number of hydrogen-bond acceptors (Lipinski definition) is 3. The van der Waals surface area contributed by atoms with Gasteiger partial charge in [-0.15, -0.1) is 0 Å². The summed E-state index contributed by atoms with van der Waals surface area (Å²) in [5.41, 5.74) is 8.68. The Morgan fingerprint density at radius 2 is 1.95 bits per heavy atom. The molecule has 1 heterocycles. The third kappa shape index (κ3) is 2.72. The van der Waals surface area contributed by atoms with Gasteiger partial charge in [-0.25, -0.2) is 0 Å². The van der Waals surface area contributed by atoms with Crippen LogP contribution in [0.2, 0.25) is 0 Å². The third-order valence-corrected chi connectivity index (χ3v) is 3.40. The average molecular weight is 281 g/mol. The van der Waals surface area contributed by atoms with Gasteiger partial charge in [0.2, 0.25) is 11.8 Å². The Morgan fingerprint density at radius 3 is 2.71 bits per heavy atom. The van der Waals surface area contributed by atoms with Crippen molar-refractivity contribution in [2.45, 2.75) is 6.42 Å². The second kappa shape index (κ2) is 5.28. The molecule has 2 amide bonds. The van der Waals surface area contributed by atoms with E-state index in [-0.39, 0.29) is 18.4 Å². The standard InChI is InChI=1S/C16H15N3O2/c17-12-6-7-14-11(8-12)9-16(21)19(14)10-15(20)18-13-4-2-1-3-5-13/h1-8H,9-10,17H2,(H,18,20). The summed E-state index contributed by atoms with van der Waals surface area (Å²) in [6, 6.07) is 14.5. The molecule has 1 aliphatic rings. The van der Waals surface area contributed by atoms with Crippen LogP contribution in [0.4, 0.5) is 17.1 Å². The molecule has 0 bridgehead atoms. The van der Waals surface area contributed by atoms with Crippen LogP contribution in [0.1, 0.15) is 5.56 Å². The average Bonchev–Trinajstić information content (AvgIpc) is 2.75. The molecule has 21 heavy (non-hydrogen) atoms. The van der Waals surface area contributed by atoms with Crippen LogP contribution in [0.5, 0.6) is 0 Å². The van der Waals surface area contributed by atoms with E-state index in [4.69, 9.17) is 5.73 Å². The number of para-hydroxylation sites is 1.